The van der Waals surface area contributed by atoms with Gasteiger partial charge in [0.15, 0.2) is 0 Å². The Morgan fingerprint density at radius 2 is 1.73 bits per heavy atom. The number of unbranched alkanes of at least 4 members (excludes halogenated alkanes) is 1. The lowest BCUT2D eigenvalue weighted by atomic mass is 10.1. The van der Waals surface area contributed by atoms with Gasteiger partial charge in [-0.3, -0.25) is 13.9 Å². The molecule has 1 unspecified atom stereocenters. The summed E-state index contributed by atoms with van der Waals surface area (Å²) in [5, 5.41) is 3.60. The number of amides is 2. The van der Waals surface area contributed by atoms with Crippen LogP contribution in [0.2, 0.25) is 10.0 Å². The maximum absolute atomic E-state index is 14.0. The molecule has 0 aliphatic rings. The number of ether oxygens (including phenoxy) is 1. The van der Waals surface area contributed by atoms with Gasteiger partial charge in [-0.1, -0.05) is 66.9 Å². The van der Waals surface area contributed by atoms with Gasteiger partial charge < -0.3 is 15.0 Å². The van der Waals surface area contributed by atoms with E-state index in [1.165, 1.54) is 30.2 Å². The number of carbonyl (C=O) groups excluding carboxylic acids is 2. The van der Waals surface area contributed by atoms with Crippen molar-refractivity contribution in [2.75, 3.05) is 24.5 Å². The van der Waals surface area contributed by atoms with Gasteiger partial charge in [0.05, 0.1) is 17.7 Å². The van der Waals surface area contributed by atoms with Gasteiger partial charge in [-0.25, -0.2) is 8.42 Å². The van der Waals surface area contributed by atoms with Gasteiger partial charge in [-0.15, -0.1) is 0 Å². The second-order valence-corrected chi connectivity index (χ2v) is 11.8. The lowest BCUT2D eigenvalue weighted by Crippen LogP contribution is -2.51. The van der Waals surface area contributed by atoms with Crippen molar-refractivity contribution in [1.82, 2.24) is 10.2 Å². The van der Waals surface area contributed by atoms with Gasteiger partial charge in [0.25, 0.3) is 10.0 Å². The van der Waals surface area contributed by atoms with Crippen molar-refractivity contribution >= 4 is 50.7 Å². The number of anilines is 1. The van der Waals surface area contributed by atoms with E-state index < -0.39 is 28.5 Å². The number of benzene rings is 3. The maximum Gasteiger partial charge on any atom is 0.264 e. The third-order valence-corrected chi connectivity index (χ3v) is 8.68. The van der Waals surface area contributed by atoms with Crippen LogP contribution in [0.4, 0.5) is 5.69 Å². The highest BCUT2D eigenvalue weighted by atomic mass is 35.5. The van der Waals surface area contributed by atoms with Crippen LogP contribution in [0.3, 0.4) is 0 Å². The molecule has 1 N–H and O–H groups in total. The fourth-order valence-corrected chi connectivity index (χ4v) is 5.86. The maximum atomic E-state index is 14.0. The predicted octanol–water partition coefficient (Wildman–Crippen LogP) is 5.53. The summed E-state index contributed by atoms with van der Waals surface area (Å²) in [5.41, 5.74) is 0.799. The number of rotatable bonds is 13. The van der Waals surface area contributed by atoms with E-state index in [1.807, 2.05) is 6.92 Å². The van der Waals surface area contributed by atoms with Crippen LogP contribution in [0.15, 0.2) is 77.7 Å². The molecule has 0 saturated heterocycles. The standard InChI is InChI=1S/C29H33Cl2N3O5S/c1-4-5-16-32-29(36)21(2)33(19-22-14-15-23(30)17-27(22)31)28(35)20-34(24-10-9-11-25(18-24)39-3)40(37,38)26-12-7-6-8-13-26/h6-15,17-18,21H,4-5,16,19-20H2,1-3H3,(H,32,36). The molecule has 0 aliphatic heterocycles. The second kappa shape index (κ2) is 14.4. The Morgan fingerprint density at radius 3 is 2.38 bits per heavy atom. The van der Waals surface area contributed by atoms with E-state index in [2.05, 4.69) is 5.32 Å². The van der Waals surface area contributed by atoms with Gasteiger partial charge in [0.1, 0.15) is 18.3 Å². The summed E-state index contributed by atoms with van der Waals surface area (Å²) < 4.78 is 34.0. The average molecular weight is 607 g/mol. The number of methoxy groups -OCH3 is 1. The number of hydrogen-bond donors (Lipinski definition) is 1. The monoisotopic (exact) mass is 605 g/mol. The molecule has 214 valence electrons. The quantitative estimate of drug-likeness (QED) is 0.258. The third-order valence-electron chi connectivity index (χ3n) is 6.30. The number of hydrogen-bond acceptors (Lipinski definition) is 5. The molecule has 8 nitrogen and oxygen atoms in total. The summed E-state index contributed by atoms with van der Waals surface area (Å²) >= 11 is 12.5. The molecule has 3 aromatic rings. The van der Waals surface area contributed by atoms with Crippen LogP contribution in [0, 0.1) is 0 Å². The lowest BCUT2D eigenvalue weighted by Gasteiger charge is -2.32. The molecule has 3 aromatic carbocycles. The molecular weight excluding hydrogens is 573 g/mol. The van der Waals surface area contributed by atoms with Crippen molar-refractivity contribution in [2.45, 2.75) is 44.2 Å². The van der Waals surface area contributed by atoms with Crippen LogP contribution < -0.4 is 14.4 Å². The predicted molar refractivity (Wildman–Crippen MR) is 158 cm³/mol. The first-order valence-corrected chi connectivity index (χ1v) is 15.0. The zero-order valence-electron chi connectivity index (χ0n) is 22.6. The first-order valence-electron chi connectivity index (χ1n) is 12.8. The summed E-state index contributed by atoms with van der Waals surface area (Å²) in [6.07, 6.45) is 1.68. The Labute approximate surface area is 245 Å². The first kappa shape index (κ1) is 31.3. The van der Waals surface area contributed by atoms with E-state index in [1.54, 1.807) is 61.5 Å². The molecule has 0 radical (unpaired) electrons. The fourth-order valence-electron chi connectivity index (χ4n) is 3.97. The SMILES string of the molecule is CCCCNC(=O)C(C)N(Cc1ccc(Cl)cc1Cl)C(=O)CN(c1cccc(OC)c1)S(=O)(=O)c1ccccc1. The summed E-state index contributed by atoms with van der Waals surface area (Å²) in [5.74, 6) is -0.524. The normalized spacial score (nSPS) is 11.9. The van der Waals surface area contributed by atoms with Gasteiger partial charge in [0.2, 0.25) is 11.8 Å². The van der Waals surface area contributed by atoms with Gasteiger partial charge in [-0.2, -0.15) is 0 Å². The molecule has 0 saturated carbocycles. The molecule has 2 amide bonds. The highest BCUT2D eigenvalue weighted by molar-refractivity contribution is 7.92. The van der Waals surface area contributed by atoms with Crippen LogP contribution in [-0.4, -0.2) is 51.4 Å². The van der Waals surface area contributed by atoms with Gasteiger partial charge >= 0.3 is 0 Å². The molecule has 0 aliphatic carbocycles. The van der Waals surface area contributed by atoms with Crippen molar-refractivity contribution in [3.8, 4) is 5.75 Å². The largest absolute Gasteiger partial charge is 0.497 e. The molecule has 3 rings (SSSR count). The zero-order chi connectivity index (χ0) is 29.3. The van der Waals surface area contributed by atoms with Gasteiger partial charge in [0, 0.05) is 29.2 Å². The lowest BCUT2D eigenvalue weighted by molar-refractivity contribution is -0.139. The van der Waals surface area contributed by atoms with E-state index >= 15 is 0 Å². The van der Waals surface area contributed by atoms with Crippen LogP contribution in [-0.2, 0) is 26.2 Å². The molecule has 11 heteroatoms. The minimum Gasteiger partial charge on any atom is -0.497 e. The second-order valence-electron chi connectivity index (χ2n) is 9.10. The Kier molecular flexibility index (Phi) is 11.2. The molecule has 1 atom stereocenters. The number of sulfonamides is 1. The molecule has 0 heterocycles. The van der Waals surface area contributed by atoms with E-state index in [0.29, 0.717) is 27.9 Å². The highest BCUT2D eigenvalue weighted by Gasteiger charge is 2.33. The van der Waals surface area contributed by atoms with E-state index in [4.69, 9.17) is 27.9 Å². The smallest absolute Gasteiger partial charge is 0.264 e. The molecule has 0 spiro atoms. The van der Waals surface area contributed by atoms with Crippen molar-refractivity contribution in [2.24, 2.45) is 0 Å². The Bertz CT molecular complexity index is 1420. The molecule has 0 bridgehead atoms. The van der Waals surface area contributed by atoms with Crippen LogP contribution in [0.25, 0.3) is 0 Å². The summed E-state index contributed by atoms with van der Waals surface area (Å²) in [6, 6.07) is 18.2. The Balaban J connectivity index is 2.03. The first-order chi connectivity index (χ1) is 19.1. The summed E-state index contributed by atoms with van der Waals surface area (Å²) in [7, 11) is -2.70. The average Bonchev–Trinajstić information content (AvgIpc) is 2.95. The Morgan fingerprint density at radius 1 is 1.00 bits per heavy atom. The highest BCUT2D eigenvalue weighted by Crippen LogP contribution is 2.28. The van der Waals surface area contributed by atoms with Crippen molar-refractivity contribution in [1.29, 1.82) is 0 Å². The summed E-state index contributed by atoms with van der Waals surface area (Å²) in [6.45, 7) is 3.47. The molecule has 40 heavy (non-hydrogen) atoms. The number of nitrogens with zero attached hydrogens (tertiary/aromatic N) is 2. The van der Waals surface area contributed by atoms with Crippen molar-refractivity contribution in [3.05, 3.63) is 88.4 Å². The minimum atomic E-state index is -4.17. The zero-order valence-corrected chi connectivity index (χ0v) is 25.0. The minimum absolute atomic E-state index is 0.0169. The summed E-state index contributed by atoms with van der Waals surface area (Å²) in [4.78, 5) is 28.3. The van der Waals surface area contributed by atoms with E-state index in [9.17, 15) is 18.0 Å². The van der Waals surface area contributed by atoms with Crippen LogP contribution in [0.5, 0.6) is 5.75 Å². The van der Waals surface area contributed by atoms with Crippen molar-refractivity contribution in [3.63, 3.8) is 0 Å². The van der Waals surface area contributed by atoms with Crippen molar-refractivity contribution < 1.29 is 22.7 Å². The number of halogens is 2. The molecule has 0 aromatic heterocycles. The van der Waals surface area contributed by atoms with Gasteiger partial charge in [-0.05, 0) is 55.3 Å². The molecule has 0 fully saturated rings. The fraction of sp³-hybridized carbons (Fsp3) is 0.310. The Hall–Kier alpha value is -3.27. The third kappa shape index (κ3) is 7.90. The van der Waals surface area contributed by atoms with Crippen LogP contribution >= 0.6 is 23.2 Å². The van der Waals surface area contributed by atoms with E-state index in [0.717, 1.165) is 17.1 Å². The topological polar surface area (TPSA) is 96.0 Å². The molecular formula is C29H33Cl2N3O5S. The number of carbonyl (C=O) groups is 2. The van der Waals surface area contributed by atoms with E-state index in [-0.39, 0.29) is 23.0 Å². The number of nitrogens with one attached hydrogen (secondary N) is 1. The van der Waals surface area contributed by atoms with Crippen LogP contribution in [0.1, 0.15) is 32.3 Å².